The molecule has 0 aromatic carbocycles. The molecule has 1 fully saturated rings. The first-order chi connectivity index (χ1) is 9.65. The van der Waals surface area contributed by atoms with Crippen LogP contribution in [0.2, 0.25) is 0 Å². The fraction of sp³-hybridized carbons (Fsp3) is 0.667. The van der Waals surface area contributed by atoms with Gasteiger partial charge >= 0.3 is 0 Å². The van der Waals surface area contributed by atoms with Crippen molar-refractivity contribution in [1.82, 2.24) is 14.9 Å². The molecular formula is C15H26Cl2N4O. The molecule has 1 amide bonds. The quantitative estimate of drug-likeness (QED) is 0.887. The predicted octanol–water partition coefficient (Wildman–Crippen LogP) is 2.58. The van der Waals surface area contributed by atoms with Crippen LogP contribution in [0.4, 0.5) is 0 Å². The first-order valence-corrected chi connectivity index (χ1v) is 7.34. The van der Waals surface area contributed by atoms with E-state index in [1.165, 1.54) is 19.3 Å². The summed E-state index contributed by atoms with van der Waals surface area (Å²) >= 11 is 0. The van der Waals surface area contributed by atoms with Crippen LogP contribution in [0.25, 0.3) is 0 Å². The number of halogens is 2. The average Bonchev–Trinajstić information content (AvgIpc) is 2.49. The van der Waals surface area contributed by atoms with E-state index in [2.05, 4.69) is 9.97 Å². The second-order valence-electron chi connectivity index (χ2n) is 5.89. The molecule has 0 bridgehead atoms. The van der Waals surface area contributed by atoms with Crippen molar-refractivity contribution in [1.29, 1.82) is 0 Å². The average molecular weight is 349 g/mol. The summed E-state index contributed by atoms with van der Waals surface area (Å²) in [6.45, 7) is 1.12. The Kier molecular flexibility index (Phi) is 9.56. The van der Waals surface area contributed by atoms with Gasteiger partial charge in [-0.3, -0.25) is 14.8 Å². The van der Waals surface area contributed by atoms with Crippen LogP contribution < -0.4 is 5.73 Å². The Morgan fingerprint density at radius 1 is 1.27 bits per heavy atom. The summed E-state index contributed by atoms with van der Waals surface area (Å²) in [6.07, 6.45) is 11.3. The van der Waals surface area contributed by atoms with Gasteiger partial charge in [-0.2, -0.15) is 0 Å². The van der Waals surface area contributed by atoms with Crippen molar-refractivity contribution in [3.05, 3.63) is 24.3 Å². The molecule has 2 rings (SSSR count). The largest absolute Gasteiger partial charge is 0.340 e. The number of hydrogen-bond acceptors (Lipinski definition) is 4. The lowest BCUT2D eigenvalue weighted by molar-refractivity contribution is -0.133. The third kappa shape index (κ3) is 5.71. The number of rotatable bonds is 5. The number of aromatic nitrogens is 2. The maximum Gasteiger partial charge on any atom is 0.223 e. The van der Waals surface area contributed by atoms with E-state index < -0.39 is 0 Å². The minimum Gasteiger partial charge on any atom is -0.340 e. The zero-order valence-corrected chi connectivity index (χ0v) is 14.7. The minimum absolute atomic E-state index is 0. The summed E-state index contributed by atoms with van der Waals surface area (Å²) in [5.74, 6) is 0.156. The molecule has 2 N–H and O–H groups in total. The summed E-state index contributed by atoms with van der Waals surface area (Å²) in [5, 5.41) is 0. The monoisotopic (exact) mass is 348 g/mol. The van der Waals surface area contributed by atoms with Crippen LogP contribution in [0.1, 0.15) is 44.2 Å². The van der Waals surface area contributed by atoms with Crippen LogP contribution >= 0.6 is 24.8 Å². The van der Waals surface area contributed by atoms with Gasteiger partial charge in [0, 0.05) is 25.9 Å². The SMILES string of the molecule is CN(Cc1cnccn1)C(=O)CC1(CN)CCCCC1.Cl.Cl. The van der Waals surface area contributed by atoms with Crippen LogP contribution in [-0.4, -0.2) is 34.4 Å². The fourth-order valence-electron chi connectivity index (χ4n) is 2.95. The molecule has 0 saturated heterocycles. The zero-order chi connectivity index (χ0) is 14.4. The van der Waals surface area contributed by atoms with Crippen molar-refractivity contribution in [3.8, 4) is 0 Å². The first-order valence-electron chi connectivity index (χ1n) is 7.34. The molecule has 1 aromatic heterocycles. The summed E-state index contributed by atoms with van der Waals surface area (Å²) in [7, 11) is 1.82. The summed E-state index contributed by atoms with van der Waals surface area (Å²) in [5.41, 5.74) is 6.78. The normalized spacial score (nSPS) is 16.1. The van der Waals surface area contributed by atoms with Crippen LogP contribution in [0.5, 0.6) is 0 Å². The highest BCUT2D eigenvalue weighted by Crippen LogP contribution is 2.38. The van der Waals surface area contributed by atoms with Crippen molar-refractivity contribution in [2.45, 2.75) is 45.1 Å². The lowest BCUT2D eigenvalue weighted by atomic mass is 9.71. The highest BCUT2D eigenvalue weighted by atomic mass is 35.5. The molecule has 7 heteroatoms. The van der Waals surface area contributed by atoms with Gasteiger partial charge in [-0.1, -0.05) is 19.3 Å². The standard InChI is InChI=1S/C15H24N4O.2ClH/c1-19(11-13-10-17-7-8-18-13)14(20)9-15(12-16)5-3-2-4-6-15;;/h7-8,10H,2-6,9,11-12,16H2,1H3;2*1H. The number of hydrogen-bond donors (Lipinski definition) is 1. The van der Waals surface area contributed by atoms with Crippen LogP contribution in [-0.2, 0) is 11.3 Å². The highest BCUT2D eigenvalue weighted by molar-refractivity contribution is 5.85. The van der Waals surface area contributed by atoms with E-state index in [4.69, 9.17) is 5.73 Å². The Labute approximate surface area is 144 Å². The van der Waals surface area contributed by atoms with Crippen LogP contribution in [0.15, 0.2) is 18.6 Å². The van der Waals surface area contributed by atoms with E-state index >= 15 is 0 Å². The molecule has 1 aliphatic carbocycles. The lowest BCUT2D eigenvalue weighted by Gasteiger charge is -2.36. The van der Waals surface area contributed by atoms with Crippen molar-refractivity contribution in [2.24, 2.45) is 11.1 Å². The predicted molar refractivity (Wildman–Crippen MR) is 92.2 cm³/mol. The fourth-order valence-corrected chi connectivity index (χ4v) is 2.95. The second-order valence-corrected chi connectivity index (χ2v) is 5.89. The number of carbonyl (C=O) groups excluding carboxylic acids is 1. The number of nitrogens with zero attached hydrogens (tertiary/aromatic N) is 3. The van der Waals surface area contributed by atoms with Crippen molar-refractivity contribution in [3.63, 3.8) is 0 Å². The smallest absolute Gasteiger partial charge is 0.223 e. The molecule has 126 valence electrons. The number of amides is 1. The molecule has 0 atom stereocenters. The Morgan fingerprint density at radius 2 is 1.95 bits per heavy atom. The first kappa shape index (κ1) is 21.1. The van der Waals surface area contributed by atoms with Gasteiger partial charge in [0.25, 0.3) is 0 Å². The van der Waals surface area contributed by atoms with Gasteiger partial charge < -0.3 is 10.6 Å². The number of nitrogens with two attached hydrogens (primary N) is 1. The van der Waals surface area contributed by atoms with Gasteiger partial charge in [-0.25, -0.2) is 0 Å². The number of carbonyl (C=O) groups is 1. The van der Waals surface area contributed by atoms with E-state index in [-0.39, 0.29) is 36.1 Å². The van der Waals surface area contributed by atoms with E-state index in [1.54, 1.807) is 23.5 Å². The van der Waals surface area contributed by atoms with E-state index in [0.717, 1.165) is 18.5 Å². The molecule has 1 aromatic rings. The Morgan fingerprint density at radius 3 is 2.50 bits per heavy atom. The molecule has 22 heavy (non-hydrogen) atoms. The van der Waals surface area contributed by atoms with Gasteiger partial charge in [-0.05, 0) is 24.8 Å². The molecule has 0 unspecified atom stereocenters. The lowest BCUT2D eigenvalue weighted by Crippen LogP contribution is -2.39. The molecule has 0 spiro atoms. The zero-order valence-electron chi connectivity index (χ0n) is 13.0. The minimum atomic E-state index is 0. The van der Waals surface area contributed by atoms with Gasteiger partial charge in [0.05, 0.1) is 18.4 Å². The Hall–Kier alpha value is -0.910. The van der Waals surface area contributed by atoms with Crippen LogP contribution in [0, 0.1) is 5.41 Å². The van der Waals surface area contributed by atoms with Crippen molar-refractivity contribution >= 4 is 30.7 Å². The topological polar surface area (TPSA) is 72.1 Å². The summed E-state index contributed by atoms with van der Waals surface area (Å²) in [4.78, 5) is 22.4. The molecule has 1 saturated carbocycles. The third-order valence-corrected chi connectivity index (χ3v) is 4.32. The van der Waals surface area contributed by atoms with E-state index in [9.17, 15) is 4.79 Å². The maximum absolute atomic E-state index is 12.4. The third-order valence-electron chi connectivity index (χ3n) is 4.32. The van der Waals surface area contributed by atoms with Crippen molar-refractivity contribution < 1.29 is 4.79 Å². The second kappa shape index (κ2) is 9.98. The van der Waals surface area contributed by atoms with Gasteiger partial charge in [0.2, 0.25) is 5.91 Å². The molecule has 1 aliphatic rings. The summed E-state index contributed by atoms with van der Waals surface area (Å²) < 4.78 is 0. The molecular weight excluding hydrogens is 323 g/mol. The maximum atomic E-state index is 12.4. The Bertz CT molecular complexity index is 438. The summed E-state index contributed by atoms with van der Waals surface area (Å²) in [6, 6.07) is 0. The molecule has 5 nitrogen and oxygen atoms in total. The Balaban J connectivity index is 0.00000220. The molecule has 0 aliphatic heterocycles. The highest BCUT2D eigenvalue weighted by Gasteiger charge is 2.33. The van der Waals surface area contributed by atoms with E-state index in [1.807, 2.05) is 7.05 Å². The van der Waals surface area contributed by atoms with Crippen LogP contribution in [0.3, 0.4) is 0 Å². The van der Waals surface area contributed by atoms with Gasteiger partial charge in [-0.15, -0.1) is 24.8 Å². The van der Waals surface area contributed by atoms with Crippen molar-refractivity contribution in [2.75, 3.05) is 13.6 Å². The van der Waals surface area contributed by atoms with Gasteiger partial charge in [0.15, 0.2) is 0 Å². The van der Waals surface area contributed by atoms with Gasteiger partial charge in [0.1, 0.15) is 0 Å². The molecule has 1 heterocycles. The van der Waals surface area contributed by atoms with E-state index in [0.29, 0.717) is 19.5 Å². The molecule has 0 radical (unpaired) electrons.